The second kappa shape index (κ2) is 4.76. The zero-order valence-electron chi connectivity index (χ0n) is 14.3. The fourth-order valence-corrected chi connectivity index (χ4v) is 5.30. The molecule has 1 aromatic carbocycles. The zero-order chi connectivity index (χ0) is 15.4. The number of aromatic hydroxyl groups is 1. The van der Waals surface area contributed by atoms with Gasteiger partial charge in [-0.1, -0.05) is 47.1 Å². The summed E-state index contributed by atoms with van der Waals surface area (Å²) in [5.41, 5.74) is 4.80. The molecular weight excluding hydrogens is 256 g/mol. The van der Waals surface area contributed by atoms with E-state index in [4.69, 9.17) is 0 Å². The van der Waals surface area contributed by atoms with Gasteiger partial charge in [-0.2, -0.15) is 0 Å². The van der Waals surface area contributed by atoms with Gasteiger partial charge in [0, 0.05) is 0 Å². The summed E-state index contributed by atoms with van der Waals surface area (Å²) in [5.74, 6) is 1.66. The van der Waals surface area contributed by atoms with Gasteiger partial charge in [-0.25, -0.2) is 0 Å². The van der Waals surface area contributed by atoms with Crippen molar-refractivity contribution in [1.82, 2.24) is 0 Å². The summed E-state index contributed by atoms with van der Waals surface area (Å²) in [6, 6.07) is 4.40. The molecule has 1 nitrogen and oxygen atoms in total. The lowest BCUT2D eigenvalue weighted by atomic mass is 9.50. The van der Waals surface area contributed by atoms with Crippen LogP contribution in [0.15, 0.2) is 12.1 Å². The Labute approximate surface area is 129 Å². The third-order valence-electron chi connectivity index (χ3n) is 6.42. The maximum Gasteiger partial charge on any atom is 0.119 e. The first kappa shape index (κ1) is 14.9. The summed E-state index contributed by atoms with van der Waals surface area (Å²) >= 11 is 0. The third kappa shape index (κ3) is 2.20. The van der Waals surface area contributed by atoms with Crippen molar-refractivity contribution >= 4 is 0 Å². The Morgan fingerprint density at radius 3 is 2.52 bits per heavy atom. The number of phenolic OH excluding ortho intramolecular Hbond substituents is 1. The fourth-order valence-electron chi connectivity index (χ4n) is 5.30. The predicted octanol–water partition coefficient (Wildman–Crippen LogP) is 5.55. The summed E-state index contributed by atoms with van der Waals surface area (Å²) in [5, 5.41) is 10.3. The monoisotopic (exact) mass is 286 g/mol. The fraction of sp³-hybridized carbons (Fsp3) is 0.700. The van der Waals surface area contributed by atoms with Crippen molar-refractivity contribution in [2.75, 3.05) is 0 Å². The highest BCUT2D eigenvalue weighted by molar-refractivity contribution is 5.48. The molecule has 21 heavy (non-hydrogen) atoms. The quantitative estimate of drug-likeness (QED) is 0.718. The second-order valence-corrected chi connectivity index (χ2v) is 8.57. The molecule has 0 aromatic heterocycles. The molecule has 1 aromatic rings. The molecule has 0 amide bonds. The maximum absolute atomic E-state index is 10.3. The van der Waals surface area contributed by atoms with Gasteiger partial charge in [-0.15, -0.1) is 0 Å². The molecule has 0 heterocycles. The highest BCUT2D eigenvalue weighted by Gasteiger charge is 2.49. The van der Waals surface area contributed by atoms with Gasteiger partial charge in [0.05, 0.1) is 0 Å². The molecular formula is C20H30O. The topological polar surface area (TPSA) is 20.2 Å². The van der Waals surface area contributed by atoms with E-state index in [0.717, 1.165) is 17.9 Å². The van der Waals surface area contributed by atoms with E-state index < -0.39 is 0 Å². The minimum Gasteiger partial charge on any atom is -0.508 e. The predicted molar refractivity (Wildman–Crippen MR) is 89.0 cm³/mol. The number of fused-ring (bicyclic) bond motifs is 3. The highest BCUT2D eigenvalue weighted by Crippen LogP contribution is 2.57. The van der Waals surface area contributed by atoms with E-state index in [9.17, 15) is 5.11 Å². The van der Waals surface area contributed by atoms with Crippen LogP contribution in [0.1, 0.15) is 82.9 Å². The van der Waals surface area contributed by atoms with E-state index >= 15 is 0 Å². The van der Waals surface area contributed by atoms with Crippen LogP contribution >= 0.6 is 0 Å². The molecule has 2 aliphatic carbocycles. The number of aryl methyl sites for hydroxylation is 1. The molecule has 2 aliphatic rings. The summed E-state index contributed by atoms with van der Waals surface area (Å²) in [4.78, 5) is 0. The average Bonchev–Trinajstić information content (AvgIpc) is 2.36. The molecule has 116 valence electrons. The molecule has 1 N–H and O–H groups in total. The Bertz CT molecular complexity index is 555. The Morgan fingerprint density at radius 1 is 1.14 bits per heavy atom. The largest absolute Gasteiger partial charge is 0.508 e. The van der Waals surface area contributed by atoms with Crippen LogP contribution in [0, 0.1) is 11.3 Å². The SMILES string of the molecule is CC(C)c1cc2c(cc1O)CCC1C(C)(C)CCC[C@]21C. The van der Waals surface area contributed by atoms with Crippen molar-refractivity contribution in [2.45, 2.75) is 78.1 Å². The van der Waals surface area contributed by atoms with E-state index in [0.29, 0.717) is 22.5 Å². The van der Waals surface area contributed by atoms with Gasteiger partial charge in [0.25, 0.3) is 0 Å². The van der Waals surface area contributed by atoms with Crippen LogP contribution in [-0.2, 0) is 11.8 Å². The molecule has 1 unspecified atom stereocenters. The van der Waals surface area contributed by atoms with Gasteiger partial charge in [0.15, 0.2) is 0 Å². The zero-order valence-corrected chi connectivity index (χ0v) is 14.3. The Kier molecular flexibility index (Phi) is 3.39. The minimum atomic E-state index is 0.298. The molecule has 3 rings (SSSR count). The first-order valence-electron chi connectivity index (χ1n) is 8.62. The van der Waals surface area contributed by atoms with Crippen molar-refractivity contribution in [3.8, 4) is 5.75 Å². The molecule has 0 aliphatic heterocycles. The van der Waals surface area contributed by atoms with E-state index in [2.05, 4.69) is 46.8 Å². The van der Waals surface area contributed by atoms with Crippen molar-refractivity contribution < 1.29 is 5.11 Å². The maximum atomic E-state index is 10.3. The average molecular weight is 286 g/mol. The molecule has 0 radical (unpaired) electrons. The van der Waals surface area contributed by atoms with Gasteiger partial charge in [0.1, 0.15) is 5.75 Å². The van der Waals surface area contributed by atoms with Crippen molar-refractivity contribution in [1.29, 1.82) is 0 Å². The molecule has 1 saturated carbocycles. The van der Waals surface area contributed by atoms with Crippen LogP contribution in [0.5, 0.6) is 5.75 Å². The van der Waals surface area contributed by atoms with Gasteiger partial charge in [0.2, 0.25) is 0 Å². The molecule has 0 saturated heterocycles. The highest BCUT2D eigenvalue weighted by atomic mass is 16.3. The molecule has 1 heteroatoms. The summed E-state index contributed by atoms with van der Waals surface area (Å²) in [7, 11) is 0. The third-order valence-corrected chi connectivity index (χ3v) is 6.42. The standard InChI is InChI=1S/C20H30O/c1-13(2)15-12-16-14(11-17(15)21)7-8-18-19(3,4)9-6-10-20(16,18)5/h11-13,18,21H,6-10H2,1-5H3/t18?,20-/m1/s1. The van der Waals surface area contributed by atoms with E-state index in [1.807, 2.05) is 0 Å². The lowest BCUT2D eigenvalue weighted by Crippen LogP contribution is -2.47. The Hall–Kier alpha value is -0.980. The number of hydrogen-bond acceptors (Lipinski definition) is 1. The normalized spacial score (nSPS) is 30.9. The van der Waals surface area contributed by atoms with Crippen molar-refractivity contribution in [3.05, 3.63) is 28.8 Å². The first-order valence-corrected chi connectivity index (χ1v) is 8.62. The molecule has 2 atom stereocenters. The van der Waals surface area contributed by atoms with Crippen molar-refractivity contribution in [3.63, 3.8) is 0 Å². The minimum absolute atomic E-state index is 0.298. The molecule has 0 bridgehead atoms. The van der Waals surface area contributed by atoms with Gasteiger partial charge >= 0.3 is 0 Å². The van der Waals surface area contributed by atoms with Gasteiger partial charge < -0.3 is 5.11 Å². The van der Waals surface area contributed by atoms with E-state index in [-0.39, 0.29) is 0 Å². The number of benzene rings is 1. The first-order chi connectivity index (χ1) is 9.75. The van der Waals surface area contributed by atoms with Crippen LogP contribution in [0.3, 0.4) is 0 Å². The number of rotatable bonds is 1. The molecule has 1 fully saturated rings. The molecule has 0 spiro atoms. The van der Waals surface area contributed by atoms with Crippen LogP contribution in [0.4, 0.5) is 0 Å². The van der Waals surface area contributed by atoms with Crippen LogP contribution < -0.4 is 0 Å². The summed E-state index contributed by atoms with van der Waals surface area (Å²) in [6.07, 6.45) is 6.40. The van der Waals surface area contributed by atoms with Gasteiger partial charge in [-0.05, 0) is 71.1 Å². The Balaban J connectivity index is 2.14. The van der Waals surface area contributed by atoms with Crippen molar-refractivity contribution in [2.24, 2.45) is 11.3 Å². The second-order valence-electron chi connectivity index (χ2n) is 8.57. The van der Waals surface area contributed by atoms with E-state index in [1.54, 1.807) is 0 Å². The van der Waals surface area contributed by atoms with E-state index in [1.165, 1.54) is 36.8 Å². The number of hydrogen-bond donors (Lipinski definition) is 1. The summed E-state index contributed by atoms with van der Waals surface area (Å²) in [6.45, 7) is 11.8. The lowest BCUT2D eigenvalue weighted by molar-refractivity contribution is 0.0406. The number of phenols is 1. The van der Waals surface area contributed by atoms with Crippen LogP contribution in [-0.4, -0.2) is 5.11 Å². The lowest BCUT2D eigenvalue weighted by Gasteiger charge is -2.54. The Morgan fingerprint density at radius 2 is 1.86 bits per heavy atom. The van der Waals surface area contributed by atoms with Crippen LogP contribution in [0.2, 0.25) is 0 Å². The summed E-state index contributed by atoms with van der Waals surface area (Å²) < 4.78 is 0. The van der Waals surface area contributed by atoms with Crippen LogP contribution in [0.25, 0.3) is 0 Å². The van der Waals surface area contributed by atoms with Gasteiger partial charge in [-0.3, -0.25) is 0 Å². The smallest absolute Gasteiger partial charge is 0.119 e.